The highest BCUT2D eigenvalue weighted by Gasteiger charge is 2.35. The van der Waals surface area contributed by atoms with E-state index in [9.17, 15) is 4.79 Å². The molecule has 1 amide bonds. The molecule has 4 rings (SSSR count). The largest absolute Gasteiger partial charge is 0.497 e. The predicted octanol–water partition coefficient (Wildman–Crippen LogP) is 4.02. The number of furan rings is 1. The molecule has 0 saturated carbocycles. The second-order valence-corrected chi connectivity index (χ2v) is 6.67. The summed E-state index contributed by atoms with van der Waals surface area (Å²) in [6, 6.07) is 20.4. The Morgan fingerprint density at radius 3 is 2.67 bits per heavy atom. The molecule has 7 heteroatoms. The van der Waals surface area contributed by atoms with Crippen LogP contribution in [0.15, 0.2) is 87.7 Å². The molecule has 1 aliphatic heterocycles. The Labute approximate surface area is 174 Å². The van der Waals surface area contributed by atoms with E-state index >= 15 is 0 Å². The first-order chi connectivity index (χ1) is 14.7. The minimum Gasteiger partial charge on any atom is -0.497 e. The van der Waals surface area contributed by atoms with Gasteiger partial charge in [0, 0.05) is 6.42 Å². The van der Waals surface area contributed by atoms with Gasteiger partial charge in [0.1, 0.15) is 17.6 Å². The fourth-order valence-electron chi connectivity index (χ4n) is 3.20. The Kier molecular flexibility index (Phi) is 5.89. The van der Waals surface area contributed by atoms with Gasteiger partial charge in [-0.2, -0.15) is 5.10 Å². The number of carbonyl (C=O) groups excluding carboxylic acids is 1. The maximum absolute atomic E-state index is 12.8. The molecule has 0 fully saturated rings. The monoisotopic (exact) mass is 403 g/mol. The van der Waals surface area contributed by atoms with Crippen LogP contribution in [0.3, 0.4) is 0 Å². The molecule has 2 aromatic carbocycles. The summed E-state index contributed by atoms with van der Waals surface area (Å²) in [4.78, 5) is 18.0. The van der Waals surface area contributed by atoms with Crippen molar-refractivity contribution in [1.82, 2.24) is 5.01 Å². The van der Waals surface area contributed by atoms with Gasteiger partial charge in [-0.25, -0.2) is 5.01 Å². The quantitative estimate of drug-likeness (QED) is 0.441. The van der Waals surface area contributed by atoms with Crippen molar-refractivity contribution in [3.8, 4) is 5.75 Å². The van der Waals surface area contributed by atoms with Gasteiger partial charge in [-0.15, -0.1) is 0 Å². The molecule has 0 radical (unpaired) electrons. The standard InChI is InChI=1S/C23H21N3O4/c1-28-19-11-9-18(10-12-19)20-14-21(22-8-5-13-29-22)26(25-20)23(27)16-30-24-15-17-6-3-2-4-7-17/h2-13,15,21H,14,16H2,1H3/b24-15+. The minimum atomic E-state index is -0.327. The molecule has 30 heavy (non-hydrogen) atoms. The smallest absolute Gasteiger partial charge is 0.284 e. The molecular formula is C23H21N3O4. The summed E-state index contributed by atoms with van der Waals surface area (Å²) in [7, 11) is 1.62. The van der Waals surface area contributed by atoms with Gasteiger partial charge in [-0.05, 0) is 47.5 Å². The number of amides is 1. The number of hydrogen-bond acceptors (Lipinski definition) is 6. The van der Waals surface area contributed by atoms with Crippen molar-refractivity contribution >= 4 is 17.8 Å². The van der Waals surface area contributed by atoms with E-state index in [0.29, 0.717) is 12.2 Å². The molecule has 1 aliphatic rings. The molecule has 0 aliphatic carbocycles. The second-order valence-electron chi connectivity index (χ2n) is 6.67. The Bertz CT molecular complexity index is 1030. The molecule has 1 unspecified atom stereocenters. The molecule has 3 aromatic rings. The molecule has 0 spiro atoms. The van der Waals surface area contributed by atoms with E-state index in [2.05, 4.69) is 10.3 Å². The normalized spacial score (nSPS) is 16.0. The van der Waals surface area contributed by atoms with E-state index in [1.807, 2.05) is 60.7 Å². The van der Waals surface area contributed by atoms with Crippen molar-refractivity contribution in [2.24, 2.45) is 10.3 Å². The maximum Gasteiger partial charge on any atom is 0.284 e. The molecule has 0 bridgehead atoms. The third-order valence-electron chi connectivity index (χ3n) is 4.72. The summed E-state index contributed by atoms with van der Waals surface area (Å²) < 4.78 is 10.8. The molecule has 0 saturated heterocycles. The summed E-state index contributed by atoms with van der Waals surface area (Å²) >= 11 is 0. The van der Waals surface area contributed by atoms with E-state index < -0.39 is 0 Å². The van der Waals surface area contributed by atoms with E-state index in [0.717, 1.165) is 22.6 Å². The second kappa shape index (κ2) is 9.09. The third kappa shape index (κ3) is 4.41. The number of benzene rings is 2. The Hall–Kier alpha value is -3.87. The van der Waals surface area contributed by atoms with Crippen molar-refractivity contribution in [3.05, 3.63) is 89.9 Å². The number of ether oxygens (including phenoxy) is 1. The summed E-state index contributed by atoms with van der Waals surface area (Å²) in [6.45, 7) is -0.222. The fourth-order valence-corrected chi connectivity index (χ4v) is 3.20. The van der Waals surface area contributed by atoms with Crippen molar-refractivity contribution in [3.63, 3.8) is 0 Å². The minimum absolute atomic E-state index is 0.222. The molecule has 2 heterocycles. The zero-order chi connectivity index (χ0) is 20.8. The van der Waals surface area contributed by atoms with Gasteiger partial charge < -0.3 is 14.0 Å². The predicted molar refractivity (Wildman–Crippen MR) is 112 cm³/mol. The number of oxime groups is 1. The first kappa shape index (κ1) is 19.4. The van der Waals surface area contributed by atoms with Crippen molar-refractivity contribution in [2.75, 3.05) is 13.7 Å². The van der Waals surface area contributed by atoms with E-state index in [1.165, 1.54) is 5.01 Å². The lowest BCUT2D eigenvalue weighted by atomic mass is 10.0. The molecular weight excluding hydrogens is 382 g/mol. The lowest BCUT2D eigenvalue weighted by Crippen LogP contribution is -2.29. The van der Waals surface area contributed by atoms with Gasteiger partial charge in [0.15, 0.2) is 6.61 Å². The lowest BCUT2D eigenvalue weighted by Gasteiger charge is -2.19. The van der Waals surface area contributed by atoms with E-state index in [4.69, 9.17) is 14.0 Å². The maximum atomic E-state index is 12.8. The Morgan fingerprint density at radius 2 is 1.97 bits per heavy atom. The third-order valence-corrected chi connectivity index (χ3v) is 4.72. The van der Waals surface area contributed by atoms with Crippen molar-refractivity contribution < 1.29 is 18.8 Å². The molecule has 0 N–H and O–H groups in total. The van der Waals surface area contributed by atoms with Crippen LogP contribution in [0.2, 0.25) is 0 Å². The summed E-state index contributed by atoms with van der Waals surface area (Å²) in [6.07, 6.45) is 3.69. The van der Waals surface area contributed by atoms with Crippen molar-refractivity contribution in [1.29, 1.82) is 0 Å². The number of hydrazone groups is 1. The van der Waals surface area contributed by atoms with E-state index in [1.54, 1.807) is 25.7 Å². The van der Waals surface area contributed by atoms with Gasteiger partial charge in [-0.1, -0.05) is 35.5 Å². The molecule has 7 nitrogen and oxygen atoms in total. The highest BCUT2D eigenvalue weighted by Crippen LogP contribution is 2.33. The van der Waals surface area contributed by atoms with Gasteiger partial charge in [-0.3, -0.25) is 4.79 Å². The lowest BCUT2D eigenvalue weighted by molar-refractivity contribution is -0.138. The topological polar surface area (TPSA) is 76.6 Å². The summed E-state index contributed by atoms with van der Waals surface area (Å²) in [5, 5.41) is 9.85. The van der Waals surface area contributed by atoms with Crippen LogP contribution < -0.4 is 4.74 Å². The van der Waals surface area contributed by atoms with Crippen LogP contribution in [0.1, 0.15) is 29.3 Å². The highest BCUT2D eigenvalue weighted by molar-refractivity contribution is 6.03. The Morgan fingerprint density at radius 1 is 1.17 bits per heavy atom. The Balaban J connectivity index is 1.47. The van der Waals surface area contributed by atoms with Crippen LogP contribution in [0.25, 0.3) is 0 Å². The first-order valence-corrected chi connectivity index (χ1v) is 9.52. The van der Waals surface area contributed by atoms with Crippen molar-refractivity contribution in [2.45, 2.75) is 12.5 Å². The van der Waals surface area contributed by atoms with E-state index in [-0.39, 0.29) is 18.6 Å². The summed E-state index contributed by atoms with van der Waals surface area (Å²) in [5.41, 5.74) is 2.60. The molecule has 1 aromatic heterocycles. The van der Waals surface area contributed by atoms with Crippen LogP contribution in [0.5, 0.6) is 5.75 Å². The van der Waals surface area contributed by atoms with Crippen LogP contribution >= 0.6 is 0 Å². The number of hydrogen-bond donors (Lipinski definition) is 0. The average molecular weight is 403 g/mol. The van der Waals surface area contributed by atoms with Gasteiger partial charge in [0.25, 0.3) is 5.91 Å². The SMILES string of the molecule is COc1ccc(C2=NN(C(=O)CO/N=C/c3ccccc3)C(c3ccco3)C2)cc1. The number of nitrogens with zero attached hydrogens (tertiary/aromatic N) is 3. The highest BCUT2D eigenvalue weighted by atomic mass is 16.6. The zero-order valence-electron chi connectivity index (χ0n) is 16.5. The van der Waals surface area contributed by atoms with Crippen LogP contribution in [0, 0.1) is 0 Å². The zero-order valence-corrected chi connectivity index (χ0v) is 16.5. The van der Waals surface area contributed by atoms with Gasteiger partial charge in [0.05, 0.1) is 25.3 Å². The average Bonchev–Trinajstić information content (AvgIpc) is 3.47. The van der Waals surface area contributed by atoms with Crippen LogP contribution in [0.4, 0.5) is 0 Å². The van der Waals surface area contributed by atoms with Gasteiger partial charge >= 0.3 is 0 Å². The number of rotatable bonds is 7. The first-order valence-electron chi connectivity index (χ1n) is 9.52. The summed E-state index contributed by atoms with van der Waals surface area (Å²) in [5.74, 6) is 1.13. The van der Waals surface area contributed by atoms with Crippen LogP contribution in [-0.4, -0.2) is 36.6 Å². The molecule has 1 atom stereocenters. The molecule has 152 valence electrons. The fraction of sp³-hybridized carbons (Fsp3) is 0.174. The van der Waals surface area contributed by atoms with Crippen LogP contribution in [-0.2, 0) is 9.63 Å². The van der Waals surface area contributed by atoms with Gasteiger partial charge in [0.2, 0.25) is 0 Å². The number of carbonyl (C=O) groups is 1. The number of methoxy groups -OCH3 is 1.